The number of amides is 1. The summed E-state index contributed by atoms with van der Waals surface area (Å²) in [5, 5.41) is 12.2. The van der Waals surface area contributed by atoms with Crippen LogP contribution in [0.15, 0.2) is 90.1 Å². The van der Waals surface area contributed by atoms with E-state index in [4.69, 9.17) is 4.74 Å². The van der Waals surface area contributed by atoms with Gasteiger partial charge in [-0.1, -0.05) is 60.3 Å². The number of aromatic nitrogens is 3. The third-order valence-electron chi connectivity index (χ3n) is 5.00. The van der Waals surface area contributed by atoms with Gasteiger partial charge in [-0.2, -0.15) is 0 Å². The molecule has 0 saturated heterocycles. The highest BCUT2D eigenvalue weighted by molar-refractivity contribution is 8.00. The van der Waals surface area contributed by atoms with Crippen LogP contribution in [0.3, 0.4) is 0 Å². The number of hydrogen-bond donors (Lipinski definition) is 1. The third-order valence-corrected chi connectivity index (χ3v) is 6.05. The van der Waals surface area contributed by atoms with Crippen molar-refractivity contribution in [2.75, 3.05) is 11.9 Å². The van der Waals surface area contributed by atoms with Crippen molar-refractivity contribution >= 4 is 23.4 Å². The molecular formula is C26H26N4O2S. The molecule has 4 rings (SSSR count). The molecule has 1 aromatic heterocycles. The number of para-hydroxylation sites is 1. The highest BCUT2D eigenvalue weighted by Crippen LogP contribution is 2.27. The number of benzene rings is 3. The van der Waals surface area contributed by atoms with Gasteiger partial charge < -0.3 is 10.1 Å². The van der Waals surface area contributed by atoms with Crippen LogP contribution in [0, 0.1) is 0 Å². The SMILES string of the molecule is CCOc1ccc(NC(=O)C(C)Sc2nnc(Cc3ccccc3)n2-c2ccccc2)cc1. The number of nitrogens with one attached hydrogen (secondary N) is 1. The molecule has 3 aromatic carbocycles. The first-order valence-electron chi connectivity index (χ1n) is 10.9. The van der Waals surface area contributed by atoms with Gasteiger partial charge in [0, 0.05) is 17.8 Å². The standard InChI is InChI=1S/C26H26N4O2S/c1-3-32-23-16-14-21(15-17-23)27-25(31)19(2)33-26-29-28-24(18-20-10-6-4-7-11-20)30(26)22-12-8-5-9-13-22/h4-17,19H,3,18H2,1-2H3,(H,27,31). The summed E-state index contributed by atoms with van der Waals surface area (Å²) < 4.78 is 7.48. The second kappa shape index (κ2) is 10.8. The number of ether oxygens (including phenoxy) is 1. The molecule has 4 aromatic rings. The molecule has 6 nitrogen and oxygen atoms in total. The predicted octanol–water partition coefficient (Wildman–Crippen LogP) is 5.38. The van der Waals surface area contributed by atoms with Crippen molar-refractivity contribution in [2.24, 2.45) is 0 Å². The lowest BCUT2D eigenvalue weighted by Crippen LogP contribution is -2.23. The minimum absolute atomic E-state index is 0.101. The summed E-state index contributed by atoms with van der Waals surface area (Å²) in [5.74, 6) is 1.50. The zero-order chi connectivity index (χ0) is 23.0. The summed E-state index contributed by atoms with van der Waals surface area (Å²) in [6, 6.07) is 27.5. The lowest BCUT2D eigenvalue weighted by atomic mass is 10.1. The summed E-state index contributed by atoms with van der Waals surface area (Å²) >= 11 is 1.39. The summed E-state index contributed by atoms with van der Waals surface area (Å²) in [6.07, 6.45) is 0.649. The molecule has 0 aliphatic heterocycles. The van der Waals surface area contributed by atoms with Crippen molar-refractivity contribution < 1.29 is 9.53 Å². The molecule has 168 valence electrons. The van der Waals surface area contributed by atoms with Gasteiger partial charge in [0.1, 0.15) is 11.6 Å². The zero-order valence-electron chi connectivity index (χ0n) is 18.6. The van der Waals surface area contributed by atoms with Crippen molar-refractivity contribution in [3.8, 4) is 11.4 Å². The number of rotatable bonds is 9. The Balaban J connectivity index is 1.52. The van der Waals surface area contributed by atoms with E-state index in [9.17, 15) is 4.79 Å². The Hall–Kier alpha value is -3.58. The summed E-state index contributed by atoms with van der Waals surface area (Å²) in [7, 11) is 0. The second-order valence-electron chi connectivity index (χ2n) is 7.44. The molecule has 0 aliphatic carbocycles. The maximum Gasteiger partial charge on any atom is 0.237 e. The van der Waals surface area contributed by atoms with Crippen LogP contribution in [0.25, 0.3) is 5.69 Å². The summed E-state index contributed by atoms with van der Waals surface area (Å²) in [6.45, 7) is 4.41. The average Bonchev–Trinajstić information content (AvgIpc) is 3.23. The first-order valence-corrected chi connectivity index (χ1v) is 11.8. The topological polar surface area (TPSA) is 69.0 Å². The number of anilines is 1. The Kier molecular flexibility index (Phi) is 7.42. The van der Waals surface area contributed by atoms with E-state index in [-0.39, 0.29) is 11.2 Å². The molecule has 0 saturated carbocycles. The van der Waals surface area contributed by atoms with E-state index in [1.807, 2.05) is 91.2 Å². The van der Waals surface area contributed by atoms with Crippen LogP contribution in [-0.4, -0.2) is 32.5 Å². The van der Waals surface area contributed by atoms with Gasteiger partial charge in [0.25, 0.3) is 0 Å². The normalized spacial score (nSPS) is 11.7. The fraction of sp³-hybridized carbons (Fsp3) is 0.192. The van der Waals surface area contributed by atoms with Crippen LogP contribution in [-0.2, 0) is 11.2 Å². The highest BCUT2D eigenvalue weighted by Gasteiger charge is 2.21. The number of thioether (sulfide) groups is 1. The summed E-state index contributed by atoms with van der Waals surface area (Å²) in [5.41, 5.74) is 2.85. The smallest absolute Gasteiger partial charge is 0.237 e. The van der Waals surface area contributed by atoms with Crippen molar-refractivity contribution in [2.45, 2.75) is 30.7 Å². The largest absolute Gasteiger partial charge is 0.494 e. The maximum atomic E-state index is 12.9. The van der Waals surface area contributed by atoms with Gasteiger partial charge in [-0.25, -0.2) is 0 Å². The van der Waals surface area contributed by atoms with E-state index in [0.717, 1.165) is 28.5 Å². The predicted molar refractivity (Wildman–Crippen MR) is 132 cm³/mol. The van der Waals surface area contributed by atoms with E-state index in [2.05, 4.69) is 27.6 Å². The highest BCUT2D eigenvalue weighted by atomic mass is 32.2. The van der Waals surface area contributed by atoms with Gasteiger partial charge in [0.15, 0.2) is 5.16 Å². The molecular weight excluding hydrogens is 432 g/mol. The second-order valence-corrected chi connectivity index (χ2v) is 8.75. The van der Waals surface area contributed by atoms with Gasteiger partial charge in [-0.05, 0) is 55.8 Å². The molecule has 0 radical (unpaired) electrons. The molecule has 0 bridgehead atoms. The molecule has 33 heavy (non-hydrogen) atoms. The van der Waals surface area contributed by atoms with Gasteiger partial charge in [-0.3, -0.25) is 9.36 Å². The van der Waals surface area contributed by atoms with Crippen molar-refractivity contribution in [1.29, 1.82) is 0 Å². The van der Waals surface area contributed by atoms with E-state index < -0.39 is 0 Å². The Morgan fingerprint density at radius 2 is 1.64 bits per heavy atom. The Morgan fingerprint density at radius 1 is 0.970 bits per heavy atom. The van der Waals surface area contributed by atoms with Crippen LogP contribution in [0.4, 0.5) is 5.69 Å². The zero-order valence-corrected chi connectivity index (χ0v) is 19.5. The number of hydrogen-bond acceptors (Lipinski definition) is 5. The Labute approximate surface area is 198 Å². The van der Waals surface area contributed by atoms with Crippen molar-refractivity contribution in [1.82, 2.24) is 14.8 Å². The molecule has 1 heterocycles. The fourth-order valence-corrected chi connectivity index (χ4v) is 4.25. The van der Waals surface area contributed by atoms with Gasteiger partial charge >= 0.3 is 0 Å². The molecule has 0 aliphatic rings. The first kappa shape index (κ1) is 22.6. The van der Waals surface area contributed by atoms with Gasteiger partial charge in [-0.15, -0.1) is 10.2 Å². The van der Waals surface area contributed by atoms with Crippen LogP contribution in [0.5, 0.6) is 5.75 Å². The number of carbonyl (C=O) groups excluding carboxylic acids is 1. The lowest BCUT2D eigenvalue weighted by molar-refractivity contribution is -0.115. The third kappa shape index (κ3) is 5.81. The molecule has 0 spiro atoms. The minimum atomic E-state index is -0.368. The molecule has 1 N–H and O–H groups in total. The Morgan fingerprint density at radius 3 is 2.30 bits per heavy atom. The number of carbonyl (C=O) groups is 1. The Bertz CT molecular complexity index is 1180. The molecule has 1 unspecified atom stereocenters. The van der Waals surface area contributed by atoms with E-state index in [1.165, 1.54) is 11.8 Å². The lowest BCUT2D eigenvalue weighted by Gasteiger charge is -2.14. The van der Waals surface area contributed by atoms with E-state index in [0.29, 0.717) is 18.2 Å². The average molecular weight is 459 g/mol. The van der Waals surface area contributed by atoms with Crippen LogP contribution < -0.4 is 10.1 Å². The fourth-order valence-electron chi connectivity index (χ4n) is 3.36. The van der Waals surface area contributed by atoms with Crippen molar-refractivity contribution in [3.05, 3.63) is 96.3 Å². The van der Waals surface area contributed by atoms with E-state index >= 15 is 0 Å². The molecule has 1 amide bonds. The van der Waals surface area contributed by atoms with E-state index in [1.54, 1.807) is 0 Å². The first-order chi connectivity index (χ1) is 16.1. The summed E-state index contributed by atoms with van der Waals surface area (Å²) in [4.78, 5) is 12.9. The van der Waals surface area contributed by atoms with Crippen LogP contribution in [0.1, 0.15) is 25.2 Å². The molecule has 1 atom stereocenters. The molecule has 0 fully saturated rings. The minimum Gasteiger partial charge on any atom is -0.494 e. The van der Waals surface area contributed by atoms with Crippen molar-refractivity contribution in [3.63, 3.8) is 0 Å². The monoisotopic (exact) mass is 458 g/mol. The van der Waals surface area contributed by atoms with Crippen LogP contribution >= 0.6 is 11.8 Å². The molecule has 7 heteroatoms. The van der Waals surface area contributed by atoms with Crippen LogP contribution in [0.2, 0.25) is 0 Å². The van der Waals surface area contributed by atoms with Gasteiger partial charge in [0.2, 0.25) is 5.91 Å². The van der Waals surface area contributed by atoms with Gasteiger partial charge in [0.05, 0.1) is 11.9 Å². The number of nitrogens with zero attached hydrogens (tertiary/aromatic N) is 3. The quantitative estimate of drug-likeness (QED) is 0.341. The maximum absolute atomic E-state index is 12.9.